The molecule has 1 aromatic heterocycles. The molecule has 2 aromatic rings. The first kappa shape index (κ1) is 14.9. The zero-order valence-electron chi connectivity index (χ0n) is 12.8. The van der Waals surface area contributed by atoms with Crippen molar-refractivity contribution < 1.29 is 0 Å². The Balaban J connectivity index is 1.50. The summed E-state index contributed by atoms with van der Waals surface area (Å²) < 4.78 is 0. The number of para-hydroxylation sites is 1. The number of nitrogens with one attached hydrogen (secondary N) is 2. The fourth-order valence-electron chi connectivity index (χ4n) is 2.72. The molecule has 0 bridgehead atoms. The number of aliphatic imine (C=N–C) groups is 1. The van der Waals surface area contributed by atoms with Gasteiger partial charge in [0.1, 0.15) is 0 Å². The van der Waals surface area contributed by atoms with Crippen LogP contribution in [0.15, 0.2) is 52.8 Å². The summed E-state index contributed by atoms with van der Waals surface area (Å²) in [7, 11) is 1.83. The van der Waals surface area contributed by atoms with Gasteiger partial charge in [-0.05, 0) is 30.0 Å². The molecule has 0 radical (unpaired) electrons. The maximum absolute atomic E-state index is 4.33. The molecule has 1 aromatic carbocycles. The van der Waals surface area contributed by atoms with Crippen LogP contribution in [0.3, 0.4) is 0 Å². The molecule has 5 heteroatoms. The highest BCUT2D eigenvalue weighted by molar-refractivity contribution is 7.09. The molecule has 1 fully saturated rings. The summed E-state index contributed by atoms with van der Waals surface area (Å²) in [4.78, 5) is 8.07. The lowest BCUT2D eigenvalue weighted by Crippen LogP contribution is -2.44. The first-order chi connectivity index (χ1) is 10.8. The van der Waals surface area contributed by atoms with Gasteiger partial charge in [-0.25, -0.2) is 0 Å². The number of benzene rings is 1. The van der Waals surface area contributed by atoms with E-state index in [0.29, 0.717) is 6.04 Å². The Morgan fingerprint density at radius 2 is 2.14 bits per heavy atom. The van der Waals surface area contributed by atoms with Crippen molar-refractivity contribution in [3.63, 3.8) is 0 Å². The lowest BCUT2D eigenvalue weighted by atomic mass is 10.3. The van der Waals surface area contributed by atoms with Gasteiger partial charge < -0.3 is 15.5 Å². The molecule has 3 rings (SSSR count). The minimum Gasteiger partial charge on any atom is -0.369 e. The van der Waals surface area contributed by atoms with Crippen molar-refractivity contribution in [3.8, 4) is 0 Å². The fourth-order valence-corrected chi connectivity index (χ4v) is 3.37. The van der Waals surface area contributed by atoms with E-state index in [-0.39, 0.29) is 0 Å². The Kier molecular flexibility index (Phi) is 4.96. The van der Waals surface area contributed by atoms with Crippen molar-refractivity contribution >= 4 is 23.0 Å². The molecule has 1 unspecified atom stereocenters. The molecule has 1 aliphatic heterocycles. The second-order valence-electron chi connectivity index (χ2n) is 5.42. The maximum atomic E-state index is 4.33. The van der Waals surface area contributed by atoms with Crippen LogP contribution in [0.2, 0.25) is 0 Å². The van der Waals surface area contributed by atoms with Crippen molar-refractivity contribution in [3.05, 3.63) is 52.7 Å². The average molecular weight is 314 g/mol. The number of anilines is 1. The van der Waals surface area contributed by atoms with Gasteiger partial charge in [-0.2, -0.15) is 0 Å². The van der Waals surface area contributed by atoms with E-state index in [9.17, 15) is 0 Å². The van der Waals surface area contributed by atoms with E-state index < -0.39 is 0 Å². The quantitative estimate of drug-likeness (QED) is 0.673. The molecule has 0 saturated carbocycles. The molecule has 0 aliphatic carbocycles. The van der Waals surface area contributed by atoms with Gasteiger partial charge in [0.2, 0.25) is 0 Å². The Morgan fingerprint density at radius 3 is 2.86 bits per heavy atom. The largest absolute Gasteiger partial charge is 0.369 e. The Labute approximate surface area is 135 Å². The summed E-state index contributed by atoms with van der Waals surface area (Å²) in [5.41, 5.74) is 1.30. The smallest absolute Gasteiger partial charge is 0.191 e. The third-order valence-electron chi connectivity index (χ3n) is 3.88. The molecule has 116 valence electrons. The molecule has 2 N–H and O–H groups in total. The lowest BCUT2D eigenvalue weighted by Gasteiger charge is -2.20. The van der Waals surface area contributed by atoms with E-state index in [1.807, 2.05) is 7.05 Å². The van der Waals surface area contributed by atoms with E-state index in [1.54, 1.807) is 11.3 Å². The second-order valence-corrected chi connectivity index (χ2v) is 6.45. The number of guanidine groups is 1. The maximum Gasteiger partial charge on any atom is 0.191 e. The normalized spacial score (nSPS) is 18.5. The van der Waals surface area contributed by atoms with Gasteiger partial charge in [-0.3, -0.25) is 4.99 Å². The summed E-state index contributed by atoms with van der Waals surface area (Å²) in [5, 5.41) is 9.01. The van der Waals surface area contributed by atoms with Crippen LogP contribution in [-0.2, 0) is 6.54 Å². The molecule has 2 heterocycles. The molecule has 1 aliphatic rings. The number of hydrogen-bond acceptors (Lipinski definition) is 3. The van der Waals surface area contributed by atoms with Crippen molar-refractivity contribution in [2.24, 2.45) is 4.99 Å². The molecular formula is C17H22N4S. The van der Waals surface area contributed by atoms with Gasteiger partial charge in [0.15, 0.2) is 5.96 Å². The van der Waals surface area contributed by atoms with Crippen molar-refractivity contribution in [1.29, 1.82) is 0 Å². The van der Waals surface area contributed by atoms with Gasteiger partial charge in [-0.15, -0.1) is 11.3 Å². The molecule has 4 nitrogen and oxygen atoms in total. The average Bonchev–Trinajstić information content (AvgIpc) is 3.24. The summed E-state index contributed by atoms with van der Waals surface area (Å²) in [6.45, 7) is 2.93. The third-order valence-corrected chi connectivity index (χ3v) is 4.76. The van der Waals surface area contributed by atoms with Gasteiger partial charge in [0, 0.05) is 36.7 Å². The minimum absolute atomic E-state index is 0.440. The van der Waals surface area contributed by atoms with Crippen LogP contribution < -0.4 is 15.5 Å². The predicted molar refractivity (Wildman–Crippen MR) is 94.7 cm³/mol. The SMILES string of the molecule is CN=C(NCc1cccs1)NC1CCN(c2ccccc2)C1. The molecule has 0 amide bonds. The Bertz CT molecular complexity index is 594. The zero-order valence-corrected chi connectivity index (χ0v) is 13.6. The number of nitrogens with zero attached hydrogens (tertiary/aromatic N) is 2. The lowest BCUT2D eigenvalue weighted by molar-refractivity contribution is 0.649. The van der Waals surface area contributed by atoms with Crippen LogP contribution in [0.5, 0.6) is 0 Å². The molecule has 22 heavy (non-hydrogen) atoms. The van der Waals surface area contributed by atoms with E-state index in [4.69, 9.17) is 0 Å². The van der Waals surface area contributed by atoms with Crippen LogP contribution in [0, 0.1) is 0 Å². The van der Waals surface area contributed by atoms with Gasteiger partial charge in [0.05, 0.1) is 6.54 Å². The topological polar surface area (TPSA) is 39.7 Å². The van der Waals surface area contributed by atoms with Crippen LogP contribution in [0.1, 0.15) is 11.3 Å². The van der Waals surface area contributed by atoms with E-state index in [1.165, 1.54) is 10.6 Å². The third kappa shape index (κ3) is 3.80. The van der Waals surface area contributed by atoms with Gasteiger partial charge >= 0.3 is 0 Å². The monoisotopic (exact) mass is 314 g/mol. The highest BCUT2D eigenvalue weighted by Gasteiger charge is 2.23. The standard InChI is InChI=1S/C17H22N4S/c1-18-17(19-12-16-8-5-11-22-16)20-14-9-10-21(13-14)15-6-3-2-4-7-15/h2-8,11,14H,9-10,12-13H2,1H3,(H2,18,19,20). The van der Waals surface area contributed by atoms with Crippen LogP contribution in [0.25, 0.3) is 0 Å². The zero-order chi connectivity index (χ0) is 15.2. The predicted octanol–water partition coefficient (Wildman–Crippen LogP) is 2.69. The number of hydrogen-bond donors (Lipinski definition) is 2. The van der Waals surface area contributed by atoms with Crippen LogP contribution >= 0.6 is 11.3 Å². The van der Waals surface area contributed by atoms with Crippen molar-refractivity contribution in [2.75, 3.05) is 25.0 Å². The van der Waals surface area contributed by atoms with Crippen molar-refractivity contribution in [1.82, 2.24) is 10.6 Å². The van der Waals surface area contributed by atoms with Gasteiger partial charge in [-0.1, -0.05) is 24.3 Å². The summed E-state index contributed by atoms with van der Waals surface area (Å²) in [5.74, 6) is 0.883. The minimum atomic E-state index is 0.440. The summed E-state index contributed by atoms with van der Waals surface area (Å²) in [6.07, 6.45) is 1.13. The summed E-state index contributed by atoms with van der Waals surface area (Å²) >= 11 is 1.76. The van der Waals surface area contributed by atoms with Gasteiger partial charge in [0.25, 0.3) is 0 Å². The van der Waals surface area contributed by atoms with E-state index in [0.717, 1.165) is 32.0 Å². The highest BCUT2D eigenvalue weighted by atomic mass is 32.1. The van der Waals surface area contributed by atoms with Crippen molar-refractivity contribution in [2.45, 2.75) is 19.0 Å². The molecule has 1 atom stereocenters. The van der Waals surface area contributed by atoms with Crippen LogP contribution in [-0.4, -0.2) is 32.1 Å². The molecule has 0 spiro atoms. The Hall–Kier alpha value is -2.01. The van der Waals surface area contributed by atoms with E-state index >= 15 is 0 Å². The number of rotatable bonds is 4. The Morgan fingerprint density at radius 1 is 1.27 bits per heavy atom. The van der Waals surface area contributed by atoms with E-state index in [2.05, 4.69) is 68.4 Å². The first-order valence-corrected chi connectivity index (χ1v) is 8.52. The van der Waals surface area contributed by atoms with Crippen LogP contribution in [0.4, 0.5) is 5.69 Å². The highest BCUT2D eigenvalue weighted by Crippen LogP contribution is 2.19. The summed E-state index contributed by atoms with van der Waals surface area (Å²) in [6, 6.07) is 15.2. The number of thiophene rings is 1. The molecule has 1 saturated heterocycles. The molecular weight excluding hydrogens is 292 g/mol. The first-order valence-electron chi connectivity index (χ1n) is 7.65. The second kappa shape index (κ2) is 7.31. The fraction of sp³-hybridized carbons (Fsp3) is 0.353.